The van der Waals surface area contributed by atoms with Crippen LogP contribution in [0.25, 0.3) is 0 Å². The van der Waals surface area contributed by atoms with E-state index in [-0.39, 0.29) is 18.3 Å². The van der Waals surface area contributed by atoms with Crippen LogP contribution in [0, 0.1) is 0 Å². The summed E-state index contributed by atoms with van der Waals surface area (Å²) in [5.74, 6) is 0.126. The van der Waals surface area contributed by atoms with E-state index in [2.05, 4.69) is 5.32 Å². The summed E-state index contributed by atoms with van der Waals surface area (Å²) in [7, 11) is 1.87. The number of rotatable bonds is 2. The van der Waals surface area contributed by atoms with Crippen molar-refractivity contribution in [3.63, 3.8) is 0 Å². The lowest BCUT2D eigenvalue weighted by atomic mass is 10.2. The summed E-state index contributed by atoms with van der Waals surface area (Å²) in [5, 5.41) is 3.25. The lowest BCUT2D eigenvalue weighted by Gasteiger charge is -2.26. The van der Waals surface area contributed by atoms with Gasteiger partial charge in [0.25, 0.3) is 0 Å². The second-order valence-electron chi connectivity index (χ2n) is 4.22. The zero-order chi connectivity index (χ0) is 9.47. The second kappa shape index (κ2) is 4.04. The maximum Gasteiger partial charge on any atom is 0.242 e. The number of halogens is 1. The van der Waals surface area contributed by atoms with E-state index in [4.69, 9.17) is 5.73 Å². The summed E-state index contributed by atoms with van der Waals surface area (Å²) in [4.78, 5) is 13.6. The minimum atomic E-state index is -0.503. The first-order chi connectivity index (χ1) is 6.13. The van der Waals surface area contributed by atoms with Crippen LogP contribution in [0.4, 0.5) is 0 Å². The first-order valence-corrected chi connectivity index (χ1v) is 4.90. The predicted octanol–water partition coefficient (Wildman–Crippen LogP) is -0.280. The Morgan fingerprint density at radius 3 is 2.64 bits per heavy atom. The molecule has 0 aromatic heterocycles. The highest BCUT2D eigenvalue weighted by Crippen LogP contribution is 2.34. The minimum Gasteiger partial charge on any atom is -0.340 e. The SMILES string of the molecule is CN(C(=O)C1(N)CC1)C1CCNC1.Cl. The van der Waals surface area contributed by atoms with E-state index in [0.29, 0.717) is 6.04 Å². The molecule has 1 heterocycles. The molecule has 1 saturated carbocycles. The Morgan fingerprint density at radius 1 is 1.57 bits per heavy atom. The van der Waals surface area contributed by atoms with E-state index >= 15 is 0 Å². The Balaban J connectivity index is 0.000000980. The molecular weight excluding hydrogens is 202 g/mol. The van der Waals surface area contributed by atoms with Crippen molar-refractivity contribution in [2.24, 2.45) is 5.73 Å². The van der Waals surface area contributed by atoms with Gasteiger partial charge < -0.3 is 16.0 Å². The number of carbonyl (C=O) groups excluding carboxylic acids is 1. The van der Waals surface area contributed by atoms with Crippen molar-refractivity contribution in [1.82, 2.24) is 10.2 Å². The van der Waals surface area contributed by atoms with Crippen LogP contribution in [0.3, 0.4) is 0 Å². The van der Waals surface area contributed by atoms with Crippen molar-refractivity contribution in [3.8, 4) is 0 Å². The lowest BCUT2D eigenvalue weighted by Crippen LogP contribution is -2.48. The molecule has 14 heavy (non-hydrogen) atoms. The molecule has 0 spiro atoms. The predicted molar refractivity (Wildman–Crippen MR) is 57.4 cm³/mol. The lowest BCUT2D eigenvalue weighted by molar-refractivity contribution is -0.134. The standard InChI is InChI=1S/C9H17N3O.ClH/c1-12(7-2-5-11-6-7)8(13)9(10)3-4-9;/h7,11H,2-6,10H2,1H3;1H. The van der Waals surface area contributed by atoms with E-state index in [1.807, 2.05) is 11.9 Å². The molecule has 2 rings (SSSR count). The number of likely N-dealkylation sites (N-methyl/N-ethyl adjacent to an activating group) is 1. The van der Waals surface area contributed by atoms with Crippen LogP contribution >= 0.6 is 12.4 Å². The molecule has 5 heteroatoms. The molecule has 2 aliphatic rings. The van der Waals surface area contributed by atoms with E-state index < -0.39 is 5.54 Å². The van der Waals surface area contributed by atoms with Gasteiger partial charge in [-0.3, -0.25) is 4.79 Å². The van der Waals surface area contributed by atoms with Crippen LogP contribution < -0.4 is 11.1 Å². The van der Waals surface area contributed by atoms with Crippen molar-refractivity contribution < 1.29 is 4.79 Å². The average molecular weight is 220 g/mol. The van der Waals surface area contributed by atoms with Crippen LogP contribution in [0.2, 0.25) is 0 Å². The zero-order valence-corrected chi connectivity index (χ0v) is 9.27. The number of nitrogens with zero attached hydrogens (tertiary/aromatic N) is 1. The van der Waals surface area contributed by atoms with Crippen molar-refractivity contribution in [2.75, 3.05) is 20.1 Å². The Bertz CT molecular complexity index is 224. The highest BCUT2D eigenvalue weighted by molar-refractivity contribution is 5.89. The van der Waals surface area contributed by atoms with Crippen molar-refractivity contribution in [2.45, 2.75) is 30.8 Å². The third-order valence-electron chi connectivity index (χ3n) is 3.12. The van der Waals surface area contributed by atoms with Crippen LogP contribution in [-0.4, -0.2) is 42.5 Å². The van der Waals surface area contributed by atoms with Gasteiger partial charge in [0.15, 0.2) is 0 Å². The number of hydrogen-bond acceptors (Lipinski definition) is 3. The summed E-state index contributed by atoms with van der Waals surface area (Å²) in [6.07, 6.45) is 2.77. The number of amides is 1. The van der Waals surface area contributed by atoms with Crippen molar-refractivity contribution in [1.29, 1.82) is 0 Å². The molecule has 1 atom stereocenters. The third kappa shape index (κ3) is 2.02. The Labute approximate surface area is 90.6 Å². The molecule has 2 fully saturated rings. The molecule has 3 N–H and O–H groups in total. The summed E-state index contributed by atoms with van der Waals surface area (Å²) >= 11 is 0. The van der Waals surface area contributed by atoms with Crippen LogP contribution in [0.1, 0.15) is 19.3 Å². The summed E-state index contributed by atoms with van der Waals surface area (Å²) in [5.41, 5.74) is 5.34. The smallest absolute Gasteiger partial charge is 0.242 e. The maximum atomic E-state index is 11.8. The third-order valence-corrected chi connectivity index (χ3v) is 3.12. The highest BCUT2D eigenvalue weighted by atomic mass is 35.5. The van der Waals surface area contributed by atoms with E-state index in [1.165, 1.54) is 0 Å². The Morgan fingerprint density at radius 2 is 2.21 bits per heavy atom. The Kier molecular flexibility index (Phi) is 3.40. The monoisotopic (exact) mass is 219 g/mol. The van der Waals surface area contributed by atoms with Crippen LogP contribution in [0.5, 0.6) is 0 Å². The topological polar surface area (TPSA) is 58.4 Å². The quantitative estimate of drug-likeness (QED) is 0.672. The maximum absolute atomic E-state index is 11.8. The second-order valence-corrected chi connectivity index (χ2v) is 4.22. The van der Waals surface area contributed by atoms with Gasteiger partial charge in [-0.1, -0.05) is 0 Å². The first kappa shape index (κ1) is 11.8. The number of carbonyl (C=O) groups is 1. The van der Waals surface area contributed by atoms with Gasteiger partial charge in [-0.15, -0.1) is 12.4 Å². The van der Waals surface area contributed by atoms with Crippen LogP contribution in [0.15, 0.2) is 0 Å². The van der Waals surface area contributed by atoms with Gasteiger partial charge in [0.2, 0.25) is 5.91 Å². The molecule has 0 aromatic rings. The van der Waals surface area contributed by atoms with Gasteiger partial charge >= 0.3 is 0 Å². The molecule has 1 amide bonds. The molecule has 0 aromatic carbocycles. The van der Waals surface area contributed by atoms with Crippen LogP contribution in [-0.2, 0) is 4.79 Å². The first-order valence-electron chi connectivity index (χ1n) is 4.90. The fourth-order valence-electron chi connectivity index (χ4n) is 1.84. The van der Waals surface area contributed by atoms with E-state index in [1.54, 1.807) is 0 Å². The van der Waals surface area contributed by atoms with Gasteiger partial charge in [0, 0.05) is 19.6 Å². The summed E-state index contributed by atoms with van der Waals surface area (Å²) < 4.78 is 0. The fraction of sp³-hybridized carbons (Fsp3) is 0.889. The molecule has 4 nitrogen and oxygen atoms in total. The molecule has 0 radical (unpaired) electrons. The molecule has 1 unspecified atom stereocenters. The summed E-state index contributed by atoms with van der Waals surface area (Å²) in [6.45, 7) is 1.93. The number of hydrogen-bond donors (Lipinski definition) is 2. The zero-order valence-electron chi connectivity index (χ0n) is 8.45. The van der Waals surface area contributed by atoms with Gasteiger partial charge in [-0.2, -0.15) is 0 Å². The van der Waals surface area contributed by atoms with Crippen molar-refractivity contribution in [3.05, 3.63) is 0 Å². The van der Waals surface area contributed by atoms with Gasteiger partial charge in [0.1, 0.15) is 0 Å². The number of nitrogens with one attached hydrogen (secondary N) is 1. The Hall–Kier alpha value is -0.320. The highest BCUT2D eigenvalue weighted by Gasteiger charge is 2.48. The van der Waals surface area contributed by atoms with E-state index in [9.17, 15) is 4.79 Å². The van der Waals surface area contributed by atoms with Crippen molar-refractivity contribution >= 4 is 18.3 Å². The average Bonchev–Trinajstić information content (AvgIpc) is 2.71. The molecule has 1 aliphatic carbocycles. The fourth-order valence-corrected chi connectivity index (χ4v) is 1.84. The largest absolute Gasteiger partial charge is 0.340 e. The molecule has 0 bridgehead atoms. The van der Waals surface area contributed by atoms with Gasteiger partial charge in [0.05, 0.1) is 5.54 Å². The summed E-state index contributed by atoms with van der Waals surface area (Å²) in [6, 6.07) is 0.355. The minimum absolute atomic E-state index is 0. The van der Waals surface area contributed by atoms with Gasteiger partial charge in [-0.25, -0.2) is 0 Å². The molecule has 82 valence electrons. The molecule has 1 saturated heterocycles. The molecule has 1 aliphatic heterocycles. The van der Waals surface area contributed by atoms with E-state index in [0.717, 1.165) is 32.4 Å². The number of nitrogens with two attached hydrogens (primary N) is 1. The van der Waals surface area contributed by atoms with Gasteiger partial charge in [-0.05, 0) is 25.8 Å². The normalized spacial score (nSPS) is 28.0. The molecular formula is C9H18ClN3O.